The molecule has 0 bridgehead atoms. The third-order valence-corrected chi connectivity index (χ3v) is 3.41. The quantitative estimate of drug-likeness (QED) is 0.858. The van der Waals surface area contributed by atoms with Gasteiger partial charge in [0.05, 0.1) is 0 Å². The lowest BCUT2D eigenvalue weighted by molar-refractivity contribution is -0.124. The van der Waals surface area contributed by atoms with Gasteiger partial charge in [-0.15, -0.1) is 0 Å². The molecule has 2 aromatic rings. The highest BCUT2D eigenvalue weighted by molar-refractivity contribution is 5.92. The van der Waals surface area contributed by atoms with Gasteiger partial charge in [-0.05, 0) is 30.0 Å². The van der Waals surface area contributed by atoms with Gasteiger partial charge in [0.15, 0.2) is 0 Å². The van der Waals surface area contributed by atoms with Gasteiger partial charge in [-0.1, -0.05) is 31.5 Å². The molecule has 0 saturated carbocycles. The minimum atomic E-state index is -0.186. The van der Waals surface area contributed by atoms with E-state index in [4.69, 9.17) is 0 Å². The average molecular weight is 284 g/mol. The number of fused-ring (bicyclic) bond motifs is 1. The second-order valence-electron chi connectivity index (χ2n) is 5.09. The number of unbranched alkanes of at least 4 members (excludes halogenated alkanes) is 1. The van der Waals surface area contributed by atoms with E-state index in [9.17, 15) is 9.59 Å². The average Bonchev–Trinajstić information content (AvgIpc) is 2.50. The van der Waals surface area contributed by atoms with Crippen LogP contribution in [-0.2, 0) is 4.79 Å². The molecule has 0 radical (unpaired) electrons. The maximum absolute atomic E-state index is 12.0. The molecule has 0 aliphatic rings. The van der Waals surface area contributed by atoms with E-state index in [0.29, 0.717) is 5.56 Å². The maximum atomic E-state index is 12.0. The van der Waals surface area contributed by atoms with Crippen molar-refractivity contribution in [3.63, 3.8) is 0 Å². The lowest BCUT2D eigenvalue weighted by atomic mass is 10.1. The van der Waals surface area contributed by atoms with E-state index < -0.39 is 0 Å². The molecule has 2 rings (SSSR count). The minimum Gasteiger partial charge on any atom is -0.342 e. The van der Waals surface area contributed by atoms with Gasteiger partial charge in [0.1, 0.15) is 0 Å². The summed E-state index contributed by atoms with van der Waals surface area (Å²) in [7, 11) is 1.77. The van der Waals surface area contributed by atoms with Crippen LogP contribution in [0.3, 0.4) is 0 Å². The zero-order valence-electron chi connectivity index (χ0n) is 12.4. The van der Waals surface area contributed by atoms with Crippen LogP contribution in [0.15, 0.2) is 41.2 Å². The highest BCUT2D eigenvalue weighted by Gasteiger charge is 2.04. The zero-order chi connectivity index (χ0) is 15.2. The minimum absolute atomic E-state index is 0.0870. The van der Waals surface area contributed by atoms with Crippen LogP contribution in [-0.4, -0.2) is 29.4 Å². The van der Waals surface area contributed by atoms with Crippen molar-refractivity contribution >= 4 is 22.9 Å². The Kier molecular flexibility index (Phi) is 4.93. The Hall–Kier alpha value is -2.36. The van der Waals surface area contributed by atoms with Crippen molar-refractivity contribution in [1.29, 1.82) is 0 Å². The van der Waals surface area contributed by atoms with Crippen molar-refractivity contribution in [3.8, 4) is 0 Å². The van der Waals surface area contributed by atoms with Crippen molar-refractivity contribution in [3.05, 3.63) is 52.3 Å². The number of carbonyl (C=O) groups is 1. The normalized spacial score (nSPS) is 11.1. The number of carbonyl (C=O) groups excluding carboxylic acids is 1. The van der Waals surface area contributed by atoms with E-state index >= 15 is 0 Å². The van der Waals surface area contributed by atoms with Crippen LogP contribution in [0.1, 0.15) is 25.3 Å². The molecule has 0 aliphatic heterocycles. The Labute approximate surface area is 124 Å². The number of amides is 1. The van der Waals surface area contributed by atoms with E-state index in [-0.39, 0.29) is 11.5 Å². The molecule has 4 heteroatoms. The lowest BCUT2D eigenvalue weighted by Gasteiger charge is -2.13. The SMILES string of the molecule is CCCCN(C)C(=O)/C=C/c1cc2ccccc2[nH]c1=O. The van der Waals surface area contributed by atoms with Gasteiger partial charge in [0, 0.05) is 30.7 Å². The van der Waals surface area contributed by atoms with E-state index in [1.54, 1.807) is 24.1 Å². The Bertz CT molecular complexity index is 716. The first-order chi connectivity index (χ1) is 10.1. The number of aromatic amines is 1. The number of H-pyrrole nitrogens is 1. The first-order valence-corrected chi connectivity index (χ1v) is 7.17. The van der Waals surface area contributed by atoms with Crippen molar-refractivity contribution in [2.24, 2.45) is 0 Å². The molecule has 1 aromatic carbocycles. The van der Waals surface area contributed by atoms with Crippen molar-refractivity contribution < 1.29 is 4.79 Å². The number of rotatable bonds is 5. The van der Waals surface area contributed by atoms with E-state index in [1.165, 1.54) is 6.08 Å². The summed E-state index contributed by atoms with van der Waals surface area (Å²) in [5, 5.41) is 0.948. The van der Waals surface area contributed by atoms with Crippen molar-refractivity contribution in [2.75, 3.05) is 13.6 Å². The van der Waals surface area contributed by atoms with Gasteiger partial charge in [0.25, 0.3) is 5.56 Å². The second-order valence-corrected chi connectivity index (χ2v) is 5.09. The van der Waals surface area contributed by atoms with E-state index in [2.05, 4.69) is 11.9 Å². The van der Waals surface area contributed by atoms with Gasteiger partial charge in [-0.25, -0.2) is 0 Å². The van der Waals surface area contributed by atoms with Crippen LogP contribution in [0.25, 0.3) is 17.0 Å². The number of para-hydroxylation sites is 1. The molecule has 0 spiro atoms. The molecule has 1 heterocycles. The smallest absolute Gasteiger partial charge is 0.255 e. The molecule has 21 heavy (non-hydrogen) atoms. The summed E-state index contributed by atoms with van der Waals surface area (Å²) < 4.78 is 0. The molecule has 0 aliphatic carbocycles. The molecule has 1 aromatic heterocycles. The topological polar surface area (TPSA) is 53.2 Å². The second kappa shape index (κ2) is 6.88. The third kappa shape index (κ3) is 3.81. The van der Waals surface area contributed by atoms with E-state index in [1.807, 2.05) is 24.3 Å². The maximum Gasteiger partial charge on any atom is 0.255 e. The standard InChI is InChI=1S/C17H20N2O2/c1-3-4-11-19(2)16(20)10-9-14-12-13-7-5-6-8-15(13)18-17(14)21/h5-10,12H,3-4,11H2,1-2H3,(H,18,21)/b10-9+. The van der Waals surface area contributed by atoms with Crippen LogP contribution >= 0.6 is 0 Å². The highest BCUT2D eigenvalue weighted by atomic mass is 16.2. The number of pyridine rings is 1. The zero-order valence-corrected chi connectivity index (χ0v) is 12.4. The van der Waals surface area contributed by atoms with Crippen molar-refractivity contribution in [1.82, 2.24) is 9.88 Å². The fourth-order valence-electron chi connectivity index (χ4n) is 2.08. The monoisotopic (exact) mass is 284 g/mol. The molecule has 1 N–H and O–H groups in total. The number of likely N-dealkylation sites (N-methyl/N-ethyl adjacent to an activating group) is 1. The number of hydrogen-bond acceptors (Lipinski definition) is 2. The molecular formula is C17H20N2O2. The molecule has 1 amide bonds. The van der Waals surface area contributed by atoms with E-state index in [0.717, 1.165) is 30.3 Å². The Morgan fingerprint density at radius 1 is 1.33 bits per heavy atom. The summed E-state index contributed by atoms with van der Waals surface area (Å²) in [5.74, 6) is -0.0870. The summed E-state index contributed by atoms with van der Waals surface area (Å²) in [6, 6.07) is 9.37. The number of benzene rings is 1. The van der Waals surface area contributed by atoms with Crippen molar-refractivity contribution in [2.45, 2.75) is 19.8 Å². The fourth-order valence-corrected chi connectivity index (χ4v) is 2.08. The number of nitrogens with zero attached hydrogens (tertiary/aromatic N) is 1. The van der Waals surface area contributed by atoms with Crippen LogP contribution in [0.5, 0.6) is 0 Å². The Morgan fingerprint density at radius 3 is 2.86 bits per heavy atom. The molecular weight excluding hydrogens is 264 g/mol. The molecule has 0 unspecified atom stereocenters. The lowest BCUT2D eigenvalue weighted by Crippen LogP contribution is -2.25. The number of nitrogens with one attached hydrogen (secondary N) is 1. The van der Waals surface area contributed by atoms with Gasteiger partial charge in [-0.2, -0.15) is 0 Å². The van der Waals surface area contributed by atoms with Gasteiger partial charge < -0.3 is 9.88 Å². The number of aromatic nitrogens is 1. The first kappa shape index (κ1) is 15.0. The molecule has 110 valence electrons. The molecule has 0 fully saturated rings. The first-order valence-electron chi connectivity index (χ1n) is 7.17. The molecule has 0 atom stereocenters. The van der Waals surface area contributed by atoms with Gasteiger partial charge >= 0.3 is 0 Å². The predicted octanol–water partition coefficient (Wildman–Crippen LogP) is 2.80. The summed E-state index contributed by atoms with van der Waals surface area (Å²) in [6.45, 7) is 2.82. The summed E-state index contributed by atoms with van der Waals surface area (Å²) >= 11 is 0. The van der Waals surface area contributed by atoms with Crippen LogP contribution < -0.4 is 5.56 Å². The molecule has 4 nitrogen and oxygen atoms in total. The summed E-state index contributed by atoms with van der Waals surface area (Å²) in [6.07, 6.45) is 5.06. The predicted molar refractivity (Wildman–Crippen MR) is 86.1 cm³/mol. The van der Waals surface area contributed by atoms with Gasteiger partial charge in [-0.3, -0.25) is 9.59 Å². The Balaban J connectivity index is 2.19. The highest BCUT2D eigenvalue weighted by Crippen LogP contribution is 2.10. The molecule has 0 saturated heterocycles. The Morgan fingerprint density at radius 2 is 2.10 bits per heavy atom. The van der Waals surface area contributed by atoms with Crippen LogP contribution in [0, 0.1) is 0 Å². The fraction of sp³-hybridized carbons (Fsp3) is 0.294. The van der Waals surface area contributed by atoms with Crippen LogP contribution in [0.4, 0.5) is 0 Å². The summed E-state index contributed by atoms with van der Waals surface area (Å²) in [4.78, 5) is 28.4. The summed E-state index contributed by atoms with van der Waals surface area (Å²) in [5.41, 5.74) is 1.10. The van der Waals surface area contributed by atoms with Crippen LogP contribution in [0.2, 0.25) is 0 Å². The third-order valence-electron chi connectivity index (χ3n) is 3.41. The number of hydrogen-bond donors (Lipinski definition) is 1. The largest absolute Gasteiger partial charge is 0.342 e. The van der Waals surface area contributed by atoms with Gasteiger partial charge in [0.2, 0.25) is 5.91 Å².